The monoisotopic (exact) mass is 338 g/mol. The van der Waals surface area contributed by atoms with Crippen molar-refractivity contribution >= 4 is 28.5 Å². The standard InChI is InChI=1S/C20H22N2OS/c1-3-15-10-12-18(13-11-15)22(20-21-17(4-2)14-24-20)19(23)16-8-6-5-7-9-16/h5-13,17H,3-4,14H2,1-2H3. The van der Waals surface area contributed by atoms with Gasteiger partial charge in [0.1, 0.15) is 0 Å². The number of carbonyl (C=O) groups excluding carboxylic acids is 1. The molecule has 24 heavy (non-hydrogen) atoms. The number of thioether (sulfide) groups is 1. The summed E-state index contributed by atoms with van der Waals surface area (Å²) in [6.45, 7) is 4.27. The van der Waals surface area contributed by atoms with Crippen molar-refractivity contribution in [1.29, 1.82) is 0 Å². The van der Waals surface area contributed by atoms with Crippen molar-refractivity contribution in [3.8, 4) is 0 Å². The first-order valence-electron chi connectivity index (χ1n) is 8.42. The molecule has 4 heteroatoms. The zero-order chi connectivity index (χ0) is 16.9. The highest BCUT2D eigenvalue weighted by Gasteiger charge is 2.28. The van der Waals surface area contributed by atoms with Gasteiger partial charge in [-0.1, -0.05) is 55.9 Å². The maximum absolute atomic E-state index is 13.1. The van der Waals surface area contributed by atoms with Crippen molar-refractivity contribution in [2.24, 2.45) is 4.99 Å². The molecule has 0 spiro atoms. The van der Waals surface area contributed by atoms with E-state index in [-0.39, 0.29) is 5.91 Å². The first-order chi connectivity index (χ1) is 11.7. The first kappa shape index (κ1) is 16.8. The molecule has 2 aromatic carbocycles. The Morgan fingerprint density at radius 2 is 1.83 bits per heavy atom. The van der Waals surface area contributed by atoms with Crippen LogP contribution in [0.15, 0.2) is 59.6 Å². The van der Waals surface area contributed by atoms with Crippen LogP contribution in [0.5, 0.6) is 0 Å². The Bertz CT molecular complexity index is 725. The molecule has 0 aliphatic carbocycles. The number of aryl methyl sites for hydroxylation is 1. The predicted molar refractivity (Wildman–Crippen MR) is 103 cm³/mol. The zero-order valence-electron chi connectivity index (χ0n) is 14.1. The average Bonchev–Trinajstić information content (AvgIpc) is 3.12. The van der Waals surface area contributed by atoms with E-state index in [0.29, 0.717) is 11.6 Å². The molecule has 0 N–H and O–H groups in total. The molecular formula is C20H22N2OS. The highest BCUT2D eigenvalue weighted by atomic mass is 32.2. The van der Waals surface area contributed by atoms with Crippen molar-refractivity contribution in [3.63, 3.8) is 0 Å². The molecule has 0 aromatic heterocycles. The summed E-state index contributed by atoms with van der Waals surface area (Å²) in [7, 11) is 0. The van der Waals surface area contributed by atoms with Crippen LogP contribution < -0.4 is 4.90 Å². The van der Waals surface area contributed by atoms with Crippen LogP contribution in [0.1, 0.15) is 36.2 Å². The third-order valence-corrected chi connectivity index (χ3v) is 5.28. The molecule has 1 heterocycles. The molecule has 1 amide bonds. The number of nitrogens with zero attached hydrogens (tertiary/aromatic N) is 2. The summed E-state index contributed by atoms with van der Waals surface area (Å²) in [5.41, 5.74) is 2.82. The Morgan fingerprint density at radius 1 is 1.12 bits per heavy atom. The van der Waals surface area contributed by atoms with E-state index in [4.69, 9.17) is 4.99 Å². The lowest BCUT2D eigenvalue weighted by molar-refractivity contribution is 0.100. The Labute approximate surface area is 147 Å². The summed E-state index contributed by atoms with van der Waals surface area (Å²) in [4.78, 5) is 19.6. The number of rotatable bonds is 4. The number of anilines is 1. The van der Waals surface area contributed by atoms with E-state index < -0.39 is 0 Å². The summed E-state index contributed by atoms with van der Waals surface area (Å²) in [6.07, 6.45) is 1.99. The van der Waals surface area contributed by atoms with E-state index in [1.807, 2.05) is 42.5 Å². The van der Waals surface area contributed by atoms with Crippen molar-refractivity contribution in [2.75, 3.05) is 10.7 Å². The van der Waals surface area contributed by atoms with E-state index in [0.717, 1.165) is 29.4 Å². The molecule has 1 aliphatic rings. The number of carbonyl (C=O) groups is 1. The van der Waals surface area contributed by atoms with Crippen LogP contribution in [0.2, 0.25) is 0 Å². The van der Waals surface area contributed by atoms with Gasteiger partial charge in [0.05, 0.1) is 11.7 Å². The predicted octanol–water partition coefficient (Wildman–Crippen LogP) is 4.78. The molecule has 1 atom stereocenters. The van der Waals surface area contributed by atoms with E-state index in [1.165, 1.54) is 5.56 Å². The minimum Gasteiger partial charge on any atom is -0.268 e. The van der Waals surface area contributed by atoms with Gasteiger partial charge in [-0.3, -0.25) is 14.7 Å². The lowest BCUT2D eigenvalue weighted by Crippen LogP contribution is -2.34. The lowest BCUT2D eigenvalue weighted by atomic mass is 10.1. The highest BCUT2D eigenvalue weighted by molar-refractivity contribution is 8.14. The second kappa shape index (κ2) is 7.67. The van der Waals surface area contributed by atoms with E-state index in [2.05, 4.69) is 26.0 Å². The summed E-state index contributed by atoms with van der Waals surface area (Å²) < 4.78 is 0. The van der Waals surface area contributed by atoms with Gasteiger partial charge in [-0.25, -0.2) is 0 Å². The SMILES string of the molecule is CCc1ccc(N(C(=O)c2ccccc2)C2=NC(CC)CS2)cc1. The molecule has 0 fully saturated rings. The number of amides is 1. The largest absolute Gasteiger partial charge is 0.268 e. The summed E-state index contributed by atoms with van der Waals surface area (Å²) in [5.74, 6) is 0.917. The molecule has 3 rings (SSSR count). The molecule has 0 saturated carbocycles. The minimum atomic E-state index is -0.0251. The lowest BCUT2D eigenvalue weighted by Gasteiger charge is -2.22. The number of hydrogen-bond acceptors (Lipinski definition) is 3. The van der Waals surface area contributed by atoms with Gasteiger partial charge in [0.25, 0.3) is 5.91 Å². The van der Waals surface area contributed by atoms with Gasteiger partial charge in [0.2, 0.25) is 0 Å². The fraction of sp³-hybridized carbons (Fsp3) is 0.300. The van der Waals surface area contributed by atoms with E-state index in [1.54, 1.807) is 16.7 Å². The third kappa shape index (κ3) is 3.54. The fourth-order valence-corrected chi connectivity index (χ4v) is 3.83. The average molecular weight is 338 g/mol. The number of aliphatic imine (C=N–C) groups is 1. The molecule has 124 valence electrons. The molecule has 0 radical (unpaired) electrons. The van der Waals surface area contributed by atoms with Gasteiger partial charge in [-0.15, -0.1) is 0 Å². The molecule has 3 nitrogen and oxygen atoms in total. The Balaban J connectivity index is 1.99. The molecule has 0 bridgehead atoms. The summed E-state index contributed by atoms with van der Waals surface area (Å²) >= 11 is 1.67. The van der Waals surface area contributed by atoms with Gasteiger partial charge in [0, 0.05) is 11.3 Å². The minimum absolute atomic E-state index is 0.0251. The molecule has 1 unspecified atom stereocenters. The summed E-state index contributed by atoms with van der Waals surface area (Å²) in [6, 6.07) is 17.9. The first-order valence-corrected chi connectivity index (χ1v) is 9.40. The van der Waals surface area contributed by atoms with Crippen molar-refractivity contribution < 1.29 is 4.79 Å². The van der Waals surface area contributed by atoms with Crippen LogP contribution >= 0.6 is 11.8 Å². The Kier molecular flexibility index (Phi) is 5.36. The van der Waals surface area contributed by atoms with Crippen molar-refractivity contribution in [1.82, 2.24) is 0 Å². The van der Waals surface area contributed by atoms with Gasteiger partial charge in [-0.05, 0) is 42.7 Å². The quantitative estimate of drug-likeness (QED) is 0.804. The molecular weight excluding hydrogens is 316 g/mol. The van der Waals surface area contributed by atoms with Gasteiger partial charge in [-0.2, -0.15) is 0 Å². The van der Waals surface area contributed by atoms with Gasteiger partial charge < -0.3 is 0 Å². The maximum atomic E-state index is 13.1. The molecule has 1 aliphatic heterocycles. The smallest absolute Gasteiger partial charge is 0.264 e. The van der Waals surface area contributed by atoms with Crippen molar-refractivity contribution in [2.45, 2.75) is 32.7 Å². The fourth-order valence-electron chi connectivity index (χ4n) is 2.64. The topological polar surface area (TPSA) is 32.7 Å². The van der Waals surface area contributed by atoms with Gasteiger partial charge >= 0.3 is 0 Å². The highest BCUT2D eigenvalue weighted by Crippen LogP contribution is 2.28. The molecule has 2 aromatic rings. The number of hydrogen-bond donors (Lipinski definition) is 0. The summed E-state index contributed by atoms with van der Waals surface area (Å²) in [5, 5.41) is 0.806. The van der Waals surface area contributed by atoms with Crippen LogP contribution in [0.3, 0.4) is 0 Å². The molecule has 0 saturated heterocycles. The Hall–Kier alpha value is -2.07. The van der Waals surface area contributed by atoms with Crippen LogP contribution in [0, 0.1) is 0 Å². The van der Waals surface area contributed by atoms with Crippen LogP contribution in [-0.4, -0.2) is 22.9 Å². The maximum Gasteiger partial charge on any atom is 0.264 e. The van der Waals surface area contributed by atoms with Crippen LogP contribution in [-0.2, 0) is 6.42 Å². The third-order valence-electron chi connectivity index (χ3n) is 4.19. The van der Waals surface area contributed by atoms with Gasteiger partial charge in [0.15, 0.2) is 5.17 Å². The second-order valence-corrected chi connectivity index (χ2v) is 6.80. The van der Waals surface area contributed by atoms with Crippen LogP contribution in [0.25, 0.3) is 0 Å². The van der Waals surface area contributed by atoms with E-state index in [9.17, 15) is 4.79 Å². The second-order valence-electron chi connectivity index (χ2n) is 5.81. The Morgan fingerprint density at radius 3 is 2.42 bits per heavy atom. The number of benzene rings is 2. The normalized spacial score (nSPS) is 16.8. The van der Waals surface area contributed by atoms with Crippen molar-refractivity contribution in [3.05, 3.63) is 65.7 Å². The van der Waals surface area contributed by atoms with Crippen LogP contribution in [0.4, 0.5) is 5.69 Å². The van der Waals surface area contributed by atoms with E-state index >= 15 is 0 Å². The number of amidine groups is 1. The zero-order valence-corrected chi connectivity index (χ0v) is 14.9.